The number of aryl methyl sites for hydroxylation is 1. The van der Waals surface area contributed by atoms with Crippen molar-refractivity contribution >= 4 is 5.71 Å². The van der Waals surface area contributed by atoms with Crippen LogP contribution in [-0.4, -0.2) is 32.6 Å². The summed E-state index contributed by atoms with van der Waals surface area (Å²) in [6, 6.07) is 5.34. The first-order chi connectivity index (χ1) is 11.1. The number of hydrogen-bond donors (Lipinski definition) is 0. The van der Waals surface area contributed by atoms with Gasteiger partial charge in [-0.05, 0) is 35.9 Å². The number of methoxy groups -OCH3 is 1. The Kier molecular flexibility index (Phi) is 5.51. The average Bonchev–Trinajstić information content (AvgIpc) is 2.87. The standard InChI is InChI=1S/C15H21N5O3/c1-5-7-11(2)16-23-10-12-13(8-6-9-14(12)22-4)20-15(21)19(3)17-18-20/h6,8-9H,5,7,10H2,1-4H3. The molecule has 0 spiro atoms. The lowest BCUT2D eigenvalue weighted by Gasteiger charge is -2.12. The minimum absolute atomic E-state index is 0.170. The van der Waals surface area contributed by atoms with E-state index in [0.717, 1.165) is 23.2 Å². The van der Waals surface area contributed by atoms with Crippen LogP contribution in [0.25, 0.3) is 5.69 Å². The van der Waals surface area contributed by atoms with E-state index in [2.05, 4.69) is 22.5 Å². The van der Waals surface area contributed by atoms with Gasteiger partial charge in [-0.25, -0.2) is 4.79 Å². The molecule has 8 nitrogen and oxygen atoms in total. The average molecular weight is 319 g/mol. The second kappa shape index (κ2) is 7.57. The molecule has 1 aromatic heterocycles. The summed E-state index contributed by atoms with van der Waals surface area (Å²) in [5.74, 6) is 0.600. The molecule has 124 valence electrons. The normalized spacial score (nSPS) is 11.6. The van der Waals surface area contributed by atoms with E-state index < -0.39 is 0 Å². The van der Waals surface area contributed by atoms with Crippen LogP contribution in [0.3, 0.4) is 0 Å². The second-order valence-corrected chi connectivity index (χ2v) is 5.10. The molecule has 0 aliphatic carbocycles. The predicted molar refractivity (Wildman–Crippen MR) is 86.0 cm³/mol. The van der Waals surface area contributed by atoms with Crippen molar-refractivity contribution in [2.45, 2.75) is 33.3 Å². The summed E-state index contributed by atoms with van der Waals surface area (Å²) < 4.78 is 7.73. The molecule has 2 rings (SSSR count). The fraction of sp³-hybridized carbons (Fsp3) is 0.467. The third-order valence-corrected chi connectivity index (χ3v) is 3.32. The van der Waals surface area contributed by atoms with E-state index in [1.165, 1.54) is 4.68 Å². The fourth-order valence-corrected chi connectivity index (χ4v) is 2.17. The van der Waals surface area contributed by atoms with Gasteiger partial charge in [0, 0.05) is 7.05 Å². The van der Waals surface area contributed by atoms with E-state index in [9.17, 15) is 4.79 Å². The summed E-state index contributed by atoms with van der Waals surface area (Å²) in [5.41, 5.74) is 1.82. The molecule has 23 heavy (non-hydrogen) atoms. The van der Waals surface area contributed by atoms with Crippen molar-refractivity contribution in [3.05, 3.63) is 34.2 Å². The van der Waals surface area contributed by atoms with E-state index in [1.807, 2.05) is 6.92 Å². The number of benzene rings is 1. The third-order valence-electron chi connectivity index (χ3n) is 3.32. The Morgan fingerprint density at radius 3 is 2.74 bits per heavy atom. The number of hydrogen-bond acceptors (Lipinski definition) is 6. The molecular formula is C15H21N5O3. The van der Waals surface area contributed by atoms with Crippen LogP contribution in [0, 0.1) is 0 Å². The molecule has 0 amide bonds. The zero-order chi connectivity index (χ0) is 16.8. The Balaban J connectivity index is 2.35. The van der Waals surface area contributed by atoms with Crippen molar-refractivity contribution < 1.29 is 9.57 Å². The maximum atomic E-state index is 12.1. The zero-order valence-electron chi connectivity index (χ0n) is 13.8. The Morgan fingerprint density at radius 2 is 2.13 bits per heavy atom. The molecular weight excluding hydrogens is 298 g/mol. The van der Waals surface area contributed by atoms with E-state index in [0.29, 0.717) is 17.0 Å². The molecule has 8 heteroatoms. The molecule has 0 bridgehead atoms. The summed E-state index contributed by atoms with van der Waals surface area (Å²) in [5, 5.41) is 11.7. The first-order valence-electron chi connectivity index (χ1n) is 7.39. The second-order valence-electron chi connectivity index (χ2n) is 5.10. The van der Waals surface area contributed by atoms with Gasteiger partial charge >= 0.3 is 5.69 Å². The first-order valence-corrected chi connectivity index (χ1v) is 7.39. The van der Waals surface area contributed by atoms with Gasteiger partial charge in [-0.3, -0.25) is 0 Å². The van der Waals surface area contributed by atoms with Gasteiger partial charge in [0.05, 0.1) is 24.1 Å². The van der Waals surface area contributed by atoms with Crippen molar-refractivity contribution in [2.24, 2.45) is 12.2 Å². The Morgan fingerprint density at radius 1 is 1.35 bits per heavy atom. The highest BCUT2D eigenvalue weighted by molar-refractivity contribution is 5.81. The van der Waals surface area contributed by atoms with Crippen molar-refractivity contribution in [1.29, 1.82) is 0 Å². The molecule has 0 saturated heterocycles. The lowest BCUT2D eigenvalue weighted by Crippen LogP contribution is -2.23. The molecule has 0 fully saturated rings. The monoisotopic (exact) mass is 319 g/mol. The molecule has 0 aliphatic rings. The summed E-state index contributed by atoms with van der Waals surface area (Å²) in [4.78, 5) is 17.5. The summed E-state index contributed by atoms with van der Waals surface area (Å²) in [6.07, 6.45) is 1.88. The molecule has 0 atom stereocenters. The number of tetrazole rings is 1. The topological polar surface area (TPSA) is 83.5 Å². The van der Waals surface area contributed by atoms with Gasteiger partial charge < -0.3 is 9.57 Å². The summed E-state index contributed by atoms with van der Waals surface area (Å²) in [7, 11) is 3.11. The summed E-state index contributed by atoms with van der Waals surface area (Å²) in [6.45, 7) is 4.17. The van der Waals surface area contributed by atoms with Crippen molar-refractivity contribution in [1.82, 2.24) is 19.8 Å². The van der Waals surface area contributed by atoms with Gasteiger partial charge in [0.1, 0.15) is 12.4 Å². The first kappa shape index (κ1) is 16.7. The van der Waals surface area contributed by atoms with Crippen LogP contribution in [0.5, 0.6) is 5.75 Å². The molecule has 0 N–H and O–H groups in total. The molecule has 1 heterocycles. The van der Waals surface area contributed by atoms with Crippen molar-refractivity contribution in [3.63, 3.8) is 0 Å². The highest BCUT2D eigenvalue weighted by Crippen LogP contribution is 2.25. The highest BCUT2D eigenvalue weighted by atomic mass is 16.6. The van der Waals surface area contributed by atoms with E-state index in [4.69, 9.17) is 9.57 Å². The van der Waals surface area contributed by atoms with E-state index in [-0.39, 0.29) is 12.3 Å². The Bertz CT molecular complexity index is 748. The molecule has 2 aromatic rings. The van der Waals surface area contributed by atoms with E-state index in [1.54, 1.807) is 32.4 Å². The molecule has 0 aliphatic heterocycles. The van der Waals surface area contributed by atoms with Gasteiger partial charge in [-0.1, -0.05) is 24.6 Å². The third kappa shape index (κ3) is 3.77. The number of aromatic nitrogens is 4. The van der Waals surface area contributed by atoms with Crippen LogP contribution in [0.15, 0.2) is 28.1 Å². The number of nitrogens with zero attached hydrogens (tertiary/aromatic N) is 5. The van der Waals surface area contributed by atoms with Gasteiger partial charge in [0.15, 0.2) is 0 Å². The SMILES string of the molecule is CCCC(C)=NOCc1c(OC)cccc1-n1nnn(C)c1=O. The van der Waals surface area contributed by atoms with Gasteiger partial charge in [-0.15, -0.1) is 0 Å². The molecule has 0 saturated carbocycles. The largest absolute Gasteiger partial charge is 0.496 e. The molecule has 1 aromatic carbocycles. The number of ether oxygens (including phenoxy) is 1. The minimum Gasteiger partial charge on any atom is -0.496 e. The molecule has 0 radical (unpaired) electrons. The van der Waals surface area contributed by atoms with Crippen molar-refractivity contribution in [2.75, 3.05) is 7.11 Å². The van der Waals surface area contributed by atoms with E-state index >= 15 is 0 Å². The summed E-state index contributed by atoms with van der Waals surface area (Å²) >= 11 is 0. The quantitative estimate of drug-likeness (QED) is 0.572. The Hall–Kier alpha value is -2.64. The Labute approximate surface area is 134 Å². The maximum Gasteiger partial charge on any atom is 0.368 e. The maximum absolute atomic E-state index is 12.1. The van der Waals surface area contributed by atoms with Crippen LogP contribution in [0.4, 0.5) is 0 Å². The van der Waals surface area contributed by atoms with Gasteiger partial charge in [0.2, 0.25) is 0 Å². The smallest absolute Gasteiger partial charge is 0.368 e. The van der Waals surface area contributed by atoms with Gasteiger partial charge in [-0.2, -0.15) is 9.36 Å². The minimum atomic E-state index is -0.342. The molecule has 0 unspecified atom stereocenters. The predicted octanol–water partition coefficient (Wildman–Crippen LogP) is 1.67. The van der Waals surface area contributed by atoms with Crippen LogP contribution in [-0.2, 0) is 18.5 Å². The fourth-order valence-electron chi connectivity index (χ4n) is 2.17. The number of rotatable bonds is 7. The number of oxime groups is 1. The highest BCUT2D eigenvalue weighted by Gasteiger charge is 2.15. The van der Waals surface area contributed by atoms with Crippen molar-refractivity contribution in [3.8, 4) is 11.4 Å². The zero-order valence-corrected chi connectivity index (χ0v) is 13.8. The van der Waals surface area contributed by atoms with Crippen LogP contribution in [0.1, 0.15) is 32.3 Å². The lowest BCUT2D eigenvalue weighted by molar-refractivity contribution is 0.127. The van der Waals surface area contributed by atoms with Gasteiger partial charge in [0.25, 0.3) is 0 Å². The lowest BCUT2D eigenvalue weighted by atomic mass is 10.1. The van der Waals surface area contributed by atoms with Crippen LogP contribution < -0.4 is 10.4 Å². The van der Waals surface area contributed by atoms with Crippen LogP contribution >= 0.6 is 0 Å². The van der Waals surface area contributed by atoms with Crippen LogP contribution in [0.2, 0.25) is 0 Å².